The lowest BCUT2D eigenvalue weighted by molar-refractivity contribution is -0.384. The number of carbonyl (C=O) groups excluding carboxylic acids is 1. The number of benzene rings is 1. The number of nitriles is 1. The highest BCUT2D eigenvalue weighted by Crippen LogP contribution is 2.25. The first-order valence-electron chi connectivity index (χ1n) is 6.93. The third-order valence-corrected chi connectivity index (χ3v) is 3.19. The number of nitrogens with zero attached hydrogens (tertiary/aromatic N) is 2. The Balaban J connectivity index is 2.28. The average Bonchev–Trinajstić information content (AvgIpc) is 3.00. The lowest BCUT2D eigenvalue weighted by Crippen LogP contribution is -2.08. The van der Waals surface area contributed by atoms with Gasteiger partial charge in [0.05, 0.1) is 10.5 Å². The van der Waals surface area contributed by atoms with Gasteiger partial charge in [-0.2, -0.15) is 5.26 Å². The second kappa shape index (κ2) is 6.71. The first-order chi connectivity index (χ1) is 10.9. The van der Waals surface area contributed by atoms with Gasteiger partial charge in [0.15, 0.2) is 5.78 Å². The van der Waals surface area contributed by atoms with Gasteiger partial charge in [-0.15, -0.1) is 0 Å². The van der Waals surface area contributed by atoms with Gasteiger partial charge in [0.1, 0.15) is 17.6 Å². The molecule has 116 valence electrons. The highest BCUT2D eigenvalue weighted by molar-refractivity contribution is 6.04. The van der Waals surface area contributed by atoms with Crippen molar-refractivity contribution in [3.05, 3.63) is 57.8 Å². The molecule has 0 spiro atoms. The smallest absolute Gasteiger partial charge is 0.269 e. The molecule has 0 N–H and O–H groups in total. The van der Waals surface area contributed by atoms with Crippen LogP contribution < -0.4 is 0 Å². The standard InChI is InChI=1S/C17H14N2O4/c1-11(2)17(20)13(10-18)9-15-7-8-16(23-15)12-3-5-14(6-4-12)19(21)22/h3-9,11H,1-2H3/b13-9+. The van der Waals surface area contributed by atoms with Gasteiger partial charge in [-0.1, -0.05) is 13.8 Å². The number of nitro groups is 1. The van der Waals surface area contributed by atoms with E-state index in [0.29, 0.717) is 17.1 Å². The summed E-state index contributed by atoms with van der Waals surface area (Å²) in [5.74, 6) is 0.357. The van der Waals surface area contributed by atoms with Gasteiger partial charge in [-0.25, -0.2) is 0 Å². The SMILES string of the molecule is CC(C)C(=O)/C(C#N)=C/c1ccc(-c2ccc([N+](=O)[O-])cc2)o1. The van der Waals surface area contributed by atoms with Gasteiger partial charge in [0.2, 0.25) is 0 Å². The minimum atomic E-state index is -0.475. The Bertz CT molecular complexity index is 808. The van der Waals surface area contributed by atoms with E-state index in [2.05, 4.69) is 0 Å². The van der Waals surface area contributed by atoms with E-state index in [-0.39, 0.29) is 23.0 Å². The van der Waals surface area contributed by atoms with Crippen LogP contribution in [0.15, 0.2) is 46.4 Å². The summed E-state index contributed by atoms with van der Waals surface area (Å²) in [5, 5.41) is 19.7. The molecule has 0 bridgehead atoms. The molecule has 0 saturated heterocycles. The zero-order valence-electron chi connectivity index (χ0n) is 12.6. The number of carbonyl (C=O) groups is 1. The first-order valence-corrected chi connectivity index (χ1v) is 6.93. The maximum atomic E-state index is 11.9. The second-order valence-corrected chi connectivity index (χ2v) is 5.19. The fourth-order valence-electron chi connectivity index (χ4n) is 1.94. The van der Waals surface area contributed by atoms with Crippen LogP contribution in [0.3, 0.4) is 0 Å². The van der Waals surface area contributed by atoms with Gasteiger partial charge in [0, 0.05) is 29.7 Å². The Morgan fingerprint density at radius 3 is 2.43 bits per heavy atom. The maximum Gasteiger partial charge on any atom is 0.269 e. The molecule has 1 aromatic heterocycles. The number of allylic oxidation sites excluding steroid dienone is 1. The summed E-state index contributed by atoms with van der Waals surface area (Å²) < 4.78 is 5.58. The van der Waals surface area contributed by atoms with Crippen LogP contribution in [0.2, 0.25) is 0 Å². The monoisotopic (exact) mass is 310 g/mol. The van der Waals surface area contributed by atoms with Crippen molar-refractivity contribution in [2.75, 3.05) is 0 Å². The van der Waals surface area contributed by atoms with Crippen molar-refractivity contribution in [3.8, 4) is 17.4 Å². The van der Waals surface area contributed by atoms with Crippen LogP contribution in [0.1, 0.15) is 19.6 Å². The molecule has 0 atom stereocenters. The minimum Gasteiger partial charge on any atom is -0.457 e. The van der Waals surface area contributed by atoms with Crippen molar-refractivity contribution in [2.45, 2.75) is 13.8 Å². The Kier molecular flexibility index (Phi) is 4.72. The molecule has 0 aliphatic heterocycles. The van der Waals surface area contributed by atoms with Gasteiger partial charge in [-0.05, 0) is 24.3 Å². The van der Waals surface area contributed by atoms with Crippen molar-refractivity contribution < 1.29 is 14.1 Å². The summed E-state index contributed by atoms with van der Waals surface area (Å²) in [7, 11) is 0. The van der Waals surface area contributed by atoms with Crippen LogP contribution in [0, 0.1) is 27.4 Å². The largest absolute Gasteiger partial charge is 0.457 e. The number of rotatable bonds is 5. The quantitative estimate of drug-likeness (QED) is 0.360. The van der Waals surface area contributed by atoms with E-state index < -0.39 is 4.92 Å². The molecule has 2 rings (SSSR count). The molecule has 6 nitrogen and oxygen atoms in total. The van der Waals surface area contributed by atoms with Gasteiger partial charge >= 0.3 is 0 Å². The van der Waals surface area contributed by atoms with E-state index in [9.17, 15) is 14.9 Å². The van der Waals surface area contributed by atoms with Crippen LogP contribution in [0.4, 0.5) is 5.69 Å². The third kappa shape index (κ3) is 3.71. The number of hydrogen-bond donors (Lipinski definition) is 0. The molecule has 0 amide bonds. The van der Waals surface area contributed by atoms with E-state index in [0.717, 1.165) is 0 Å². The molecule has 0 saturated carbocycles. The Morgan fingerprint density at radius 1 is 1.26 bits per heavy atom. The van der Waals surface area contributed by atoms with Gasteiger partial charge in [-0.3, -0.25) is 14.9 Å². The van der Waals surface area contributed by atoms with Crippen LogP contribution >= 0.6 is 0 Å². The molecule has 6 heteroatoms. The minimum absolute atomic E-state index is 0.00489. The number of hydrogen-bond acceptors (Lipinski definition) is 5. The highest BCUT2D eigenvalue weighted by atomic mass is 16.6. The fourth-order valence-corrected chi connectivity index (χ4v) is 1.94. The molecule has 0 aliphatic rings. The molecule has 23 heavy (non-hydrogen) atoms. The van der Waals surface area contributed by atoms with Crippen LogP contribution in [0.5, 0.6) is 0 Å². The topological polar surface area (TPSA) is 97.1 Å². The zero-order chi connectivity index (χ0) is 17.0. The molecular weight excluding hydrogens is 296 g/mol. The summed E-state index contributed by atoms with van der Waals surface area (Å²) in [6.45, 7) is 3.44. The molecule has 0 radical (unpaired) electrons. The van der Waals surface area contributed by atoms with Gasteiger partial charge in [0.25, 0.3) is 5.69 Å². The molecule has 1 heterocycles. The summed E-state index contributed by atoms with van der Waals surface area (Å²) >= 11 is 0. The predicted molar refractivity (Wildman–Crippen MR) is 84.2 cm³/mol. The van der Waals surface area contributed by atoms with E-state index in [1.54, 1.807) is 38.1 Å². The number of ketones is 1. The Morgan fingerprint density at radius 2 is 1.91 bits per heavy atom. The van der Waals surface area contributed by atoms with E-state index >= 15 is 0 Å². The molecular formula is C17H14N2O4. The Labute approximate surface area is 132 Å². The van der Waals surface area contributed by atoms with E-state index in [4.69, 9.17) is 9.68 Å². The molecule has 0 fully saturated rings. The number of furan rings is 1. The molecule has 0 unspecified atom stereocenters. The lowest BCUT2D eigenvalue weighted by atomic mass is 10.0. The van der Waals surface area contributed by atoms with Crippen molar-refractivity contribution in [1.29, 1.82) is 5.26 Å². The number of nitro benzene ring substituents is 1. The number of non-ortho nitro benzene ring substituents is 1. The second-order valence-electron chi connectivity index (χ2n) is 5.19. The van der Waals surface area contributed by atoms with Crippen molar-refractivity contribution in [3.63, 3.8) is 0 Å². The number of Topliss-reactive ketones (excluding diaryl/α,β-unsaturated/α-hetero) is 1. The first kappa shape index (κ1) is 16.2. The summed E-state index contributed by atoms with van der Waals surface area (Å²) in [5.41, 5.74) is 0.697. The van der Waals surface area contributed by atoms with Crippen LogP contribution in [0.25, 0.3) is 17.4 Å². The summed E-state index contributed by atoms with van der Waals surface area (Å²) in [4.78, 5) is 22.0. The maximum absolute atomic E-state index is 11.9. The van der Waals surface area contributed by atoms with Crippen molar-refractivity contribution in [2.24, 2.45) is 5.92 Å². The van der Waals surface area contributed by atoms with Crippen molar-refractivity contribution >= 4 is 17.5 Å². The van der Waals surface area contributed by atoms with E-state index in [1.165, 1.54) is 18.2 Å². The normalized spacial score (nSPS) is 11.3. The van der Waals surface area contributed by atoms with Crippen LogP contribution in [-0.2, 0) is 4.79 Å². The molecule has 1 aromatic carbocycles. The summed E-state index contributed by atoms with van der Waals surface area (Å²) in [6, 6.07) is 11.1. The predicted octanol–water partition coefficient (Wildman–Crippen LogP) is 3.99. The Hall–Kier alpha value is -3.20. The van der Waals surface area contributed by atoms with Crippen molar-refractivity contribution in [1.82, 2.24) is 0 Å². The van der Waals surface area contributed by atoms with Gasteiger partial charge < -0.3 is 4.42 Å². The highest BCUT2D eigenvalue weighted by Gasteiger charge is 2.14. The summed E-state index contributed by atoms with van der Waals surface area (Å²) in [6.07, 6.45) is 1.40. The zero-order valence-corrected chi connectivity index (χ0v) is 12.6. The van der Waals surface area contributed by atoms with Crippen LogP contribution in [-0.4, -0.2) is 10.7 Å². The molecule has 2 aromatic rings. The average molecular weight is 310 g/mol. The fraction of sp³-hybridized carbons (Fsp3) is 0.176. The lowest BCUT2D eigenvalue weighted by Gasteiger charge is -2.00. The van der Waals surface area contributed by atoms with E-state index in [1.807, 2.05) is 6.07 Å². The third-order valence-electron chi connectivity index (χ3n) is 3.19. The molecule has 0 aliphatic carbocycles.